The SMILES string of the molecule is Cc1ccc(C(=O)Nc2cc(-c3cccc([N+](=O)[O-])c3)sc2C(=O)O)o1. The molecule has 0 fully saturated rings. The summed E-state index contributed by atoms with van der Waals surface area (Å²) in [5.41, 5.74) is 0.480. The Balaban J connectivity index is 1.96. The molecule has 0 saturated heterocycles. The van der Waals surface area contributed by atoms with Gasteiger partial charge in [-0.1, -0.05) is 12.1 Å². The highest BCUT2D eigenvalue weighted by atomic mass is 32.1. The van der Waals surface area contributed by atoms with Crippen LogP contribution in [-0.4, -0.2) is 21.9 Å². The Morgan fingerprint density at radius 3 is 2.62 bits per heavy atom. The van der Waals surface area contributed by atoms with Crippen molar-refractivity contribution in [2.75, 3.05) is 5.32 Å². The number of rotatable bonds is 5. The van der Waals surface area contributed by atoms with E-state index in [0.29, 0.717) is 16.2 Å². The van der Waals surface area contributed by atoms with Gasteiger partial charge in [0, 0.05) is 17.0 Å². The van der Waals surface area contributed by atoms with Gasteiger partial charge in [0.25, 0.3) is 11.6 Å². The van der Waals surface area contributed by atoms with Crippen molar-refractivity contribution >= 4 is 34.6 Å². The molecule has 2 heterocycles. The van der Waals surface area contributed by atoms with Gasteiger partial charge in [-0.3, -0.25) is 14.9 Å². The molecule has 0 atom stereocenters. The van der Waals surface area contributed by atoms with Gasteiger partial charge in [0.15, 0.2) is 5.76 Å². The Morgan fingerprint density at radius 1 is 1.23 bits per heavy atom. The molecule has 8 nitrogen and oxygen atoms in total. The van der Waals surface area contributed by atoms with Crippen molar-refractivity contribution < 1.29 is 24.0 Å². The van der Waals surface area contributed by atoms with Gasteiger partial charge < -0.3 is 14.8 Å². The molecule has 9 heteroatoms. The monoisotopic (exact) mass is 372 g/mol. The Kier molecular flexibility index (Phi) is 4.55. The number of carboxylic acid groups (broad SMARTS) is 1. The van der Waals surface area contributed by atoms with Gasteiger partial charge in [-0.15, -0.1) is 11.3 Å². The Bertz CT molecular complexity index is 1020. The van der Waals surface area contributed by atoms with Gasteiger partial charge in [0.2, 0.25) is 0 Å². The molecule has 26 heavy (non-hydrogen) atoms. The number of thiophene rings is 1. The number of aryl methyl sites for hydroxylation is 1. The lowest BCUT2D eigenvalue weighted by Crippen LogP contribution is -2.12. The average molecular weight is 372 g/mol. The van der Waals surface area contributed by atoms with Crippen molar-refractivity contribution in [3.8, 4) is 10.4 Å². The van der Waals surface area contributed by atoms with E-state index < -0.39 is 16.8 Å². The zero-order valence-corrected chi connectivity index (χ0v) is 14.2. The number of carbonyl (C=O) groups is 2. The van der Waals surface area contributed by atoms with Crippen LogP contribution in [0.1, 0.15) is 26.0 Å². The van der Waals surface area contributed by atoms with Crippen LogP contribution in [0.25, 0.3) is 10.4 Å². The zero-order chi connectivity index (χ0) is 18.8. The average Bonchev–Trinajstić information content (AvgIpc) is 3.21. The number of anilines is 1. The minimum absolute atomic E-state index is 0.0573. The van der Waals surface area contributed by atoms with E-state index in [1.165, 1.54) is 30.3 Å². The van der Waals surface area contributed by atoms with Crippen LogP contribution in [-0.2, 0) is 0 Å². The maximum Gasteiger partial charge on any atom is 0.348 e. The number of hydrogen-bond donors (Lipinski definition) is 2. The Morgan fingerprint density at radius 2 is 2.00 bits per heavy atom. The van der Waals surface area contributed by atoms with Gasteiger partial charge >= 0.3 is 5.97 Å². The van der Waals surface area contributed by atoms with E-state index in [1.807, 2.05) is 0 Å². The molecular formula is C17H12N2O6S. The molecule has 0 aliphatic carbocycles. The van der Waals surface area contributed by atoms with Crippen LogP contribution in [0.15, 0.2) is 46.9 Å². The van der Waals surface area contributed by atoms with E-state index in [0.717, 1.165) is 11.3 Å². The molecule has 1 aromatic carbocycles. The summed E-state index contributed by atoms with van der Waals surface area (Å²) < 4.78 is 5.22. The van der Waals surface area contributed by atoms with Gasteiger partial charge in [-0.2, -0.15) is 0 Å². The first-order valence-corrected chi connectivity index (χ1v) is 8.16. The number of benzene rings is 1. The van der Waals surface area contributed by atoms with Crippen molar-refractivity contribution in [2.24, 2.45) is 0 Å². The van der Waals surface area contributed by atoms with E-state index in [2.05, 4.69) is 5.32 Å². The lowest BCUT2D eigenvalue weighted by Gasteiger charge is -2.01. The molecule has 3 rings (SSSR count). The smallest absolute Gasteiger partial charge is 0.348 e. The lowest BCUT2D eigenvalue weighted by molar-refractivity contribution is -0.384. The number of nitrogens with one attached hydrogen (secondary N) is 1. The summed E-state index contributed by atoms with van der Waals surface area (Å²) in [5.74, 6) is -1.18. The first-order chi connectivity index (χ1) is 12.3. The number of carboxylic acids is 1. The molecule has 132 valence electrons. The van der Waals surface area contributed by atoms with E-state index in [-0.39, 0.29) is 22.0 Å². The lowest BCUT2D eigenvalue weighted by atomic mass is 10.1. The molecule has 0 unspecified atom stereocenters. The largest absolute Gasteiger partial charge is 0.477 e. The van der Waals surface area contributed by atoms with E-state index >= 15 is 0 Å². The fraction of sp³-hybridized carbons (Fsp3) is 0.0588. The molecule has 2 aromatic heterocycles. The molecular weight excluding hydrogens is 360 g/mol. The van der Waals surface area contributed by atoms with Crippen LogP contribution in [0, 0.1) is 17.0 Å². The second kappa shape index (κ2) is 6.81. The van der Waals surface area contributed by atoms with Crippen molar-refractivity contribution in [1.82, 2.24) is 0 Å². The third-order valence-corrected chi connectivity index (χ3v) is 4.65. The number of furan rings is 1. The van der Waals surface area contributed by atoms with Crippen molar-refractivity contribution in [1.29, 1.82) is 0 Å². The van der Waals surface area contributed by atoms with E-state index in [9.17, 15) is 24.8 Å². The predicted octanol–water partition coefficient (Wildman–Crippen LogP) is 4.18. The minimum atomic E-state index is -1.21. The Labute approximate surface area is 150 Å². The fourth-order valence-electron chi connectivity index (χ4n) is 2.30. The fourth-order valence-corrected chi connectivity index (χ4v) is 3.25. The number of non-ortho nitro benzene ring substituents is 1. The molecule has 0 bridgehead atoms. The van der Waals surface area contributed by atoms with Gasteiger partial charge in [0.1, 0.15) is 10.6 Å². The summed E-state index contributed by atoms with van der Waals surface area (Å²) in [6.07, 6.45) is 0. The second-order valence-corrected chi connectivity index (χ2v) is 6.38. The number of aromatic carboxylic acids is 1. The maximum absolute atomic E-state index is 12.2. The summed E-state index contributed by atoms with van der Waals surface area (Å²) in [5, 5.41) is 22.8. The summed E-state index contributed by atoms with van der Waals surface area (Å²) in [6, 6.07) is 10.4. The number of hydrogen-bond acceptors (Lipinski definition) is 6. The maximum atomic E-state index is 12.2. The summed E-state index contributed by atoms with van der Waals surface area (Å²) in [4.78, 5) is 34.5. The number of nitro benzene ring substituents is 1. The van der Waals surface area contributed by atoms with Crippen LogP contribution >= 0.6 is 11.3 Å². The van der Waals surface area contributed by atoms with Crippen molar-refractivity contribution in [3.63, 3.8) is 0 Å². The number of amides is 1. The topological polar surface area (TPSA) is 123 Å². The second-order valence-electron chi connectivity index (χ2n) is 5.33. The third-order valence-electron chi connectivity index (χ3n) is 3.48. The zero-order valence-electron chi connectivity index (χ0n) is 13.4. The summed E-state index contributed by atoms with van der Waals surface area (Å²) in [6.45, 7) is 1.68. The van der Waals surface area contributed by atoms with Gasteiger partial charge in [0.05, 0.1) is 10.6 Å². The molecule has 2 N–H and O–H groups in total. The van der Waals surface area contributed by atoms with Crippen LogP contribution in [0.2, 0.25) is 0 Å². The standard InChI is InChI=1S/C17H12N2O6S/c1-9-5-6-13(25-9)16(20)18-12-8-14(26-15(12)17(21)22)10-3-2-4-11(7-10)19(23)24/h2-8H,1H3,(H,18,20)(H,21,22). The molecule has 0 saturated carbocycles. The predicted molar refractivity (Wildman–Crippen MR) is 94.8 cm³/mol. The quantitative estimate of drug-likeness (QED) is 0.512. The normalized spacial score (nSPS) is 10.5. The van der Waals surface area contributed by atoms with Crippen LogP contribution in [0.5, 0.6) is 0 Å². The van der Waals surface area contributed by atoms with Crippen molar-refractivity contribution in [2.45, 2.75) is 6.92 Å². The highest BCUT2D eigenvalue weighted by molar-refractivity contribution is 7.18. The molecule has 1 amide bonds. The van der Waals surface area contributed by atoms with Gasteiger partial charge in [-0.05, 0) is 30.7 Å². The highest BCUT2D eigenvalue weighted by Gasteiger charge is 2.20. The first-order valence-electron chi connectivity index (χ1n) is 7.35. The van der Waals surface area contributed by atoms with E-state index in [4.69, 9.17) is 4.42 Å². The summed E-state index contributed by atoms with van der Waals surface area (Å²) >= 11 is 0.916. The highest BCUT2D eigenvalue weighted by Crippen LogP contribution is 2.36. The minimum Gasteiger partial charge on any atom is -0.477 e. The molecule has 0 spiro atoms. The number of nitro groups is 1. The summed E-state index contributed by atoms with van der Waals surface area (Å²) in [7, 11) is 0. The van der Waals surface area contributed by atoms with Crippen LogP contribution in [0.3, 0.4) is 0 Å². The molecule has 3 aromatic rings. The number of carbonyl (C=O) groups excluding carboxylic acids is 1. The molecule has 0 radical (unpaired) electrons. The van der Waals surface area contributed by atoms with E-state index in [1.54, 1.807) is 19.1 Å². The van der Waals surface area contributed by atoms with Crippen LogP contribution < -0.4 is 5.32 Å². The first kappa shape index (κ1) is 17.4. The van der Waals surface area contributed by atoms with Crippen molar-refractivity contribution in [3.05, 3.63) is 69.0 Å². The van der Waals surface area contributed by atoms with Gasteiger partial charge in [-0.25, -0.2) is 4.79 Å². The van der Waals surface area contributed by atoms with Crippen LogP contribution in [0.4, 0.5) is 11.4 Å². The Hall–Kier alpha value is -3.46. The third kappa shape index (κ3) is 3.47. The molecule has 0 aliphatic rings. The number of nitrogens with zero attached hydrogens (tertiary/aromatic N) is 1. The molecule has 0 aliphatic heterocycles.